The molecule has 1 aliphatic heterocycles. The van der Waals surface area contributed by atoms with Crippen LogP contribution in [0, 0.1) is 16.7 Å². The van der Waals surface area contributed by atoms with E-state index in [2.05, 4.69) is 6.58 Å². The molecule has 0 radical (unpaired) electrons. The van der Waals surface area contributed by atoms with E-state index in [-0.39, 0.29) is 25.9 Å². The Bertz CT molecular complexity index is 1350. The number of fused-ring (bicyclic) bond motifs is 5. The third kappa shape index (κ3) is 5.00. The van der Waals surface area contributed by atoms with E-state index >= 15 is 0 Å². The van der Waals surface area contributed by atoms with Gasteiger partial charge in [-0.15, -0.1) is 0 Å². The number of benzene rings is 1. The number of carbonyl (C=O) groups excluding carboxylic acids is 3. The second-order valence-corrected chi connectivity index (χ2v) is 13.6. The Labute approximate surface area is 258 Å². The van der Waals surface area contributed by atoms with Gasteiger partial charge >= 0.3 is 17.9 Å². The first kappa shape index (κ1) is 32.3. The molecule has 0 spiro atoms. The van der Waals surface area contributed by atoms with Crippen LogP contribution in [0.2, 0.25) is 0 Å². The maximum Gasteiger partial charge on any atom is 0.338 e. The van der Waals surface area contributed by atoms with Crippen LogP contribution in [0.5, 0.6) is 0 Å². The molecule has 240 valence electrons. The average Bonchev–Trinajstić information content (AvgIpc) is 2.94. The molecule has 4 aliphatic rings. The fourth-order valence-corrected chi connectivity index (χ4v) is 8.64. The van der Waals surface area contributed by atoms with Crippen molar-refractivity contribution in [2.75, 3.05) is 6.61 Å². The lowest BCUT2D eigenvalue weighted by molar-refractivity contribution is -0.361. The minimum absolute atomic E-state index is 0.00406. The van der Waals surface area contributed by atoms with Crippen LogP contribution in [-0.2, 0) is 33.3 Å². The van der Waals surface area contributed by atoms with E-state index in [1.54, 1.807) is 30.3 Å². The number of aliphatic hydroxyl groups is 2. The molecular weight excluding hydrogens is 568 g/mol. The SMILES string of the molecule is C=C[C@H](O)O[C@H]1C[C@H]2OC[C@@]2(OC(C)=O)C2[C@H](OC(=O)c3ccccc3)[C@]3(O)CCC(C)=C(C(OC(C)=O)C[C@@]21C)C3(C)C. The molecule has 1 aromatic carbocycles. The van der Waals surface area contributed by atoms with Gasteiger partial charge in [0.15, 0.2) is 11.9 Å². The zero-order valence-corrected chi connectivity index (χ0v) is 26.3. The van der Waals surface area contributed by atoms with E-state index in [0.29, 0.717) is 12.0 Å². The van der Waals surface area contributed by atoms with Crippen LogP contribution < -0.4 is 0 Å². The van der Waals surface area contributed by atoms with Gasteiger partial charge in [-0.25, -0.2) is 4.79 Å². The van der Waals surface area contributed by atoms with Gasteiger partial charge in [0.25, 0.3) is 0 Å². The molecule has 2 bridgehead atoms. The third-order valence-corrected chi connectivity index (χ3v) is 10.7. The smallest absolute Gasteiger partial charge is 0.338 e. The summed E-state index contributed by atoms with van der Waals surface area (Å²) in [5, 5.41) is 23.7. The van der Waals surface area contributed by atoms with Crippen LogP contribution in [0.1, 0.15) is 77.6 Å². The Balaban J connectivity index is 1.80. The highest BCUT2D eigenvalue weighted by Gasteiger charge is 2.76. The topological polar surface area (TPSA) is 138 Å². The predicted octanol–water partition coefficient (Wildman–Crippen LogP) is 4.03. The Morgan fingerprint density at radius 1 is 1.09 bits per heavy atom. The number of hydrogen-bond acceptors (Lipinski definition) is 10. The van der Waals surface area contributed by atoms with Crippen molar-refractivity contribution in [3.8, 4) is 0 Å². The van der Waals surface area contributed by atoms with E-state index in [9.17, 15) is 24.6 Å². The quantitative estimate of drug-likeness (QED) is 0.201. The number of hydrogen-bond donors (Lipinski definition) is 2. The summed E-state index contributed by atoms with van der Waals surface area (Å²) >= 11 is 0. The maximum absolute atomic E-state index is 13.9. The van der Waals surface area contributed by atoms with E-state index in [4.69, 9.17) is 23.7 Å². The minimum atomic E-state index is -1.71. The van der Waals surface area contributed by atoms with Crippen molar-refractivity contribution >= 4 is 17.9 Å². The summed E-state index contributed by atoms with van der Waals surface area (Å²) in [6.07, 6.45) is -2.46. The van der Waals surface area contributed by atoms with Crippen molar-refractivity contribution < 1.29 is 48.3 Å². The summed E-state index contributed by atoms with van der Waals surface area (Å²) < 4.78 is 30.9. The molecule has 1 heterocycles. The van der Waals surface area contributed by atoms with Crippen molar-refractivity contribution in [1.29, 1.82) is 0 Å². The van der Waals surface area contributed by atoms with Gasteiger partial charge in [-0.05, 0) is 50.0 Å². The number of allylic oxidation sites excluding steroid dienone is 1. The average molecular weight is 613 g/mol. The van der Waals surface area contributed by atoms with Gasteiger partial charge in [-0.1, -0.05) is 51.1 Å². The molecule has 1 saturated heterocycles. The molecule has 2 saturated carbocycles. The summed E-state index contributed by atoms with van der Waals surface area (Å²) in [4.78, 5) is 39.2. The molecule has 2 N–H and O–H groups in total. The van der Waals surface area contributed by atoms with Gasteiger partial charge < -0.3 is 33.9 Å². The number of carbonyl (C=O) groups is 3. The molecule has 3 fully saturated rings. The summed E-state index contributed by atoms with van der Waals surface area (Å²) in [5.74, 6) is -2.59. The molecule has 0 aromatic heterocycles. The van der Waals surface area contributed by atoms with Gasteiger partial charge in [0, 0.05) is 31.1 Å². The highest BCUT2D eigenvalue weighted by atomic mass is 16.6. The van der Waals surface area contributed by atoms with Gasteiger partial charge in [-0.3, -0.25) is 9.59 Å². The molecule has 5 rings (SSSR count). The van der Waals surface area contributed by atoms with Gasteiger partial charge in [0.05, 0.1) is 24.2 Å². The van der Waals surface area contributed by atoms with E-state index < -0.39 is 76.6 Å². The Morgan fingerprint density at radius 3 is 2.34 bits per heavy atom. The van der Waals surface area contributed by atoms with Crippen molar-refractivity contribution in [3.63, 3.8) is 0 Å². The van der Waals surface area contributed by atoms with Crippen molar-refractivity contribution in [3.05, 3.63) is 59.7 Å². The van der Waals surface area contributed by atoms with Crippen molar-refractivity contribution in [2.45, 2.75) is 109 Å². The van der Waals surface area contributed by atoms with Crippen molar-refractivity contribution in [2.24, 2.45) is 16.7 Å². The number of aliphatic hydroxyl groups excluding tert-OH is 1. The molecule has 1 aromatic rings. The lowest BCUT2D eigenvalue weighted by Crippen LogP contribution is -2.80. The van der Waals surface area contributed by atoms with Gasteiger partial charge in [0.2, 0.25) is 0 Å². The van der Waals surface area contributed by atoms with Crippen molar-refractivity contribution in [1.82, 2.24) is 0 Å². The second kappa shape index (κ2) is 11.4. The fraction of sp³-hybridized carbons (Fsp3) is 0.618. The van der Waals surface area contributed by atoms with Crippen LogP contribution in [0.4, 0.5) is 0 Å². The highest BCUT2D eigenvalue weighted by Crippen LogP contribution is 2.65. The summed E-state index contributed by atoms with van der Waals surface area (Å²) in [5.41, 5.74) is -3.14. The van der Waals surface area contributed by atoms with E-state index in [1.807, 2.05) is 27.7 Å². The largest absolute Gasteiger partial charge is 0.458 e. The predicted molar refractivity (Wildman–Crippen MR) is 158 cm³/mol. The third-order valence-electron chi connectivity index (χ3n) is 10.7. The van der Waals surface area contributed by atoms with Gasteiger partial charge in [0.1, 0.15) is 23.9 Å². The summed E-state index contributed by atoms with van der Waals surface area (Å²) in [6.45, 7) is 13.9. The molecule has 0 amide bonds. The first-order valence-electron chi connectivity index (χ1n) is 15.2. The zero-order valence-electron chi connectivity index (χ0n) is 26.3. The van der Waals surface area contributed by atoms with Crippen LogP contribution in [0.3, 0.4) is 0 Å². The first-order chi connectivity index (χ1) is 20.6. The summed E-state index contributed by atoms with van der Waals surface area (Å²) in [6, 6.07) is 8.51. The normalized spacial score (nSPS) is 38.0. The number of rotatable bonds is 7. The minimum Gasteiger partial charge on any atom is -0.458 e. The summed E-state index contributed by atoms with van der Waals surface area (Å²) in [7, 11) is 0. The maximum atomic E-state index is 13.9. The first-order valence-corrected chi connectivity index (χ1v) is 15.2. The van der Waals surface area contributed by atoms with E-state index in [1.165, 1.54) is 19.9 Å². The number of ether oxygens (including phenoxy) is 5. The zero-order chi connectivity index (χ0) is 32.2. The van der Waals surface area contributed by atoms with Crippen LogP contribution in [-0.4, -0.2) is 76.6 Å². The molecule has 10 heteroatoms. The molecule has 9 atom stereocenters. The van der Waals surface area contributed by atoms with Crippen LogP contribution in [0.15, 0.2) is 54.1 Å². The fourth-order valence-electron chi connectivity index (χ4n) is 8.64. The Kier molecular flexibility index (Phi) is 8.37. The lowest BCUT2D eigenvalue weighted by Gasteiger charge is -2.68. The molecule has 44 heavy (non-hydrogen) atoms. The number of esters is 3. The van der Waals surface area contributed by atoms with Gasteiger partial charge in [-0.2, -0.15) is 0 Å². The molecule has 10 nitrogen and oxygen atoms in total. The monoisotopic (exact) mass is 612 g/mol. The van der Waals surface area contributed by atoms with E-state index in [0.717, 1.165) is 11.1 Å². The highest BCUT2D eigenvalue weighted by molar-refractivity contribution is 5.89. The standard InChI is InChI=1S/C34H44O10/c1-8-26(37)42-24-16-25-33(18-40-25,44-21(4)36)28-29(43-30(38)22-12-10-9-11-13-22)34(39)15-14-19(2)27(31(34,5)6)23(41-20(3)35)17-32(24,28)7/h8-13,23-26,28-29,37,39H,1,14-18H2,2-7H3/t23?,24-,25+,26+,28?,29-,32+,33-,34+/m0/s1. The molecular formula is C34H44O10. The lowest BCUT2D eigenvalue weighted by atomic mass is 9.45. The van der Waals surface area contributed by atoms with Crippen LogP contribution >= 0.6 is 0 Å². The second-order valence-electron chi connectivity index (χ2n) is 13.6. The Hall–Kier alpha value is -3.05. The van der Waals surface area contributed by atoms with Crippen LogP contribution in [0.25, 0.3) is 0 Å². The molecule has 2 unspecified atom stereocenters. The molecule has 3 aliphatic carbocycles. The Morgan fingerprint density at radius 2 is 1.77 bits per heavy atom.